The van der Waals surface area contributed by atoms with Gasteiger partial charge in [0, 0.05) is 11.9 Å². The number of benzene rings is 2. The second-order valence-electron chi connectivity index (χ2n) is 7.70. The van der Waals surface area contributed by atoms with E-state index in [-0.39, 0.29) is 30.3 Å². The molecule has 0 radical (unpaired) electrons. The summed E-state index contributed by atoms with van der Waals surface area (Å²) >= 11 is 0. The lowest BCUT2D eigenvalue weighted by molar-refractivity contribution is -0.122. The third kappa shape index (κ3) is 4.27. The highest BCUT2D eigenvalue weighted by Gasteiger charge is 2.20. The Labute approximate surface area is 182 Å². The van der Waals surface area contributed by atoms with Crippen LogP contribution in [0.4, 0.5) is 8.78 Å². The maximum absolute atomic E-state index is 13.3. The number of halogens is 2. The molecule has 7 nitrogen and oxygen atoms in total. The summed E-state index contributed by atoms with van der Waals surface area (Å²) in [6, 6.07) is 11.4. The minimum atomic E-state index is -0.483. The lowest BCUT2D eigenvalue weighted by atomic mass is 10.1. The molecule has 9 heteroatoms. The highest BCUT2D eigenvalue weighted by atomic mass is 19.1. The molecule has 0 unspecified atom stereocenters. The quantitative estimate of drug-likeness (QED) is 0.502. The molecule has 0 saturated heterocycles. The van der Waals surface area contributed by atoms with Gasteiger partial charge in [-0.3, -0.25) is 9.59 Å². The number of amides is 1. The summed E-state index contributed by atoms with van der Waals surface area (Å²) in [6.45, 7) is 3.77. The first kappa shape index (κ1) is 21.4. The molecule has 0 atom stereocenters. The smallest absolute Gasteiger partial charge is 0.293 e. The number of hydrogen-bond acceptors (Lipinski definition) is 4. The maximum atomic E-state index is 13.3. The summed E-state index contributed by atoms with van der Waals surface area (Å²) in [5, 5.41) is 12.0. The Morgan fingerprint density at radius 3 is 2.28 bits per heavy atom. The number of nitrogens with zero attached hydrogens (tertiary/aromatic N) is 4. The Kier molecular flexibility index (Phi) is 5.81. The van der Waals surface area contributed by atoms with Crippen LogP contribution >= 0.6 is 0 Å². The Morgan fingerprint density at radius 1 is 1.03 bits per heavy atom. The largest absolute Gasteiger partial charge is 0.350 e. The number of hydrogen-bond donors (Lipinski definition) is 1. The number of nitrogens with one attached hydrogen (secondary N) is 1. The third-order valence-electron chi connectivity index (χ3n) is 5.03. The van der Waals surface area contributed by atoms with Crippen molar-refractivity contribution in [2.75, 3.05) is 0 Å². The lowest BCUT2D eigenvalue weighted by Crippen LogP contribution is -2.34. The van der Waals surface area contributed by atoms with Crippen LogP contribution in [-0.2, 0) is 17.9 Å². The highest BCUT2D eigenvalue weighted by Crippen LogP contribution is 2.23. The molecule has 2 aromatic carbocycles. The zero-order valence-corrected chi connectivity index (χ0v) is 17.5. The average Bonchev–Trinajstić information content (AvgIpc) is 3.21. The molecule has 0 spiro atoms. The van der Waals surface area contributed by atoms with E-state index in [1.807, 2.05) is 13.8 Å². The van der Waals surface area contributed by atoms with Gasteiger partial charge in [0.15, 0.2) is 0 Å². The molecule has 2 aromatic heterocycles. The van der Waals surface area contributed by atoms with E-state index in [0.717, 1.165) is 10.2 Å². The summed E-state index contributed by atoms with van der Waals surface area (Å²) < 4.78 is 28.9. The second kappa shape index (κ2) is 8.70. The molecule has 4 rings (SSSR count). The summed E-state index contributed by atoms with van der Waals surface area (Å²) in [5.41, 5.74) is 1.66. The van der Waals surface area contributed by atoms with E-state index in [0.29, 0.717) is 16.8 Å². The van der Waals surface area contributed by atoms with Crippen molar-refractivity contribution in [2.24, 2.45) is 0 Å². The van der Waals surface area contributed by atoms with E-state index in [9.17, 15) is 18.4 Å². The molecule has 1 amide bonds. The van der Waals surface area contributed by atoms with E-state index in [2.05, 4.69) is 15.5 Å². The predicted molar refractivity (Wildman–Crippen MR) is 115 cm³/mol. The fourth-order valence-electron chi connectivity index (χ4n) is 3.40. The van der Waals surface area contributed by atoms with Gasteiger partial charge < -0.3 is 5.32 Å². The molecule has 32 heavy (non-hydrogen) atoms. The summed E-state index contributed by atoms with van der Waals surface area (Å²) in [6.07, 6.45) is 1.56. The summed E-state index contributed by atoms with van der Waals surface area (Å²) in [5.74, 6) is -1.20. The number of aromatic nitrogens is 4. The Morgan fingerprint density at radius 2 is 1.66 bits per heavy atom. The molecule has 0 fully saturated rings. The molecule has 0 aliphatic heterocycles. The number of rotatable bonds is 6. The number of fused-ring (bicyclic) bond motifs is 1. The number of carbonyl (C=O) groups excluding carboxylic acids is 1. The standard InChI is InChI=1S/C23H21F2N5O2/c1-14(2)21-19-12-27-30(18-9-7-17(25)8-10-18)22(19)23(32)29(28-21)13-20(31)26-11-15-3-5-16(24)6-4-15/h3-10,12,14H,11,13H2,1-2H3,(H,26,31). The summed E-state index contributed by atoms with van der Waals surface area (Å²) in [4.78, 5) is 25.7. The van der Waals surface area contributed by atoms with Gasteiger partial charge in [0.05, 0.1) is 17.6 Å². The normalized spacial score (nSPS) is 11.3. The predicted octanol–water partition coefficient (Wildman–Crippen LogP) is 3.30. The van der Waals surface area contributed by atoms with E-state index in [1.54, 1.807) is 18.3 Å². The first-order chi connectivity index (χ1) is 15.3. The molecule has 0 aliphatic carbocycles. The van der Waals surface area contributed by atoms with Gasteiger partial charge in [-0.1, -0.05) is 26.0 Å². The van der Waals surface area contributed by atoms with Gasteiger partial charge in [0.2, 0.25) is 5.91 Å². The molecular weight excluding hydrogens is 416 g/mol. The van der Waals surface area contributed by atoms with Crippen LogP contribution in [0.2, 0.25) is 0 Å². The van der Waals surface area contributed by atoms with Crippen molar-refractivity contribution < 1.29 is 13.6 Å². The van der Waals surface area contributed by atoms with Crippen molar-refractivity contribution in [1.29, 1.82) is 0 Å². The second-order valence-corrected chi connectivity index (χ2v) is 7.70. The van der Waals surface area contributed by atoms with Crippen molar-refractivity contribution in [2.45, 2.75) is 32.9 Å². The first-order valence-corrected chi connectivity index (χ1v) is 10.1. The van der Waals surface area contributed by atoms with Gasteiger partial charge in [0.1, 0.15) is 23.7 Å². The molecule has 0 aliphatic rings. The van der Waals surface area contributed by atoms with Crippen molar-refractivity contribution in [3.63, 3.8) is 0 Å². The van der Waals surface area contributed by atoms with Gasteiger partial charge in [0.25, 0.3) is 5.56 Å². The monoisotopic (exact) mass is 437 g/mol. The van der Waals surface area contributed by atoms with Gasteiger partial charge >= 0.3 is 0 Å². The Balaban J connectivity index is 1.67. The molecule has 0 saturated carbocycles. The SMILES string of the molecule is CC(C)c1nn(CC(=O)NCc2ccc(F)cc2)c(=O)c2c1cnn2-c1ccc(F)cc1. The molecular formula is C23H21F2N5O2. The molecule has 2 heterocycles. The molecule has 4 aromatic rings. The first-order valence-electron chi connectivity index (χ1n) is 10.1. The van der Waals surface area contributed by atoms with Crippen molar-refractivity contribution >= 4 is 16.8 Å². The Bertz CT molecular complexity index is 1330. The van der Waals surface area contributed by atoms with Gasteiger partial charge in [-0.05, 0) is 47.9 Å². The molecule has 1 N–H and O–H groups in total. The van der Waals surface area contributed by atoms with Gasteiger partial charge in [-0.25, -0.2) is 18.1 Å². The molecule has 164 valence electrons. The van der Waals surface area contributed by atoms with Crippen molar-refractivity contribution in [3.05, 3.63) is 88.0 Å². The van der Waals surface area contributed by atoms with Crippen molar-refractivity contribution in [3.8, 4) is 5.69 Å². The maximum Gasteiger partial charge on any atom is 0.293 e. The van der Waals surface area contributed by atoms with Crippen LogP contribution in [0, 0.1) is 11.6 Å². The zero-order chi connectivity index (χ0) is 22.8. The minimum Gasteiger partial charge on any atom is -0.350 e. The van der Waals surface area contributed by atoms with Crippen LogP contribution < -0.4 is 10.9 Å². The zero-order valence-electron chi connectivity index (χ0n) is 17.5. The fraction of sp³-hybridized carbons (Fsp3) is 0.217. The van der Waals surface area contributed by atoms with Crippen LogP contribution in [-0.4, -0.2) is 25.5 Å². The highest BCUT2D eigenvalue weighted by molar-refractivity contribution is 5.82. The summed E-state index contributed by atoms with van der Waals surface area (Å²) in [7, 11) is 0. The van der Waals surface area contributed by atoms with Gasteiger partial charge in [-0.2, -0.15) is 10.2 Å². The topological polar surface area (TPSA) is 81.8 Å². The molecule has 0 bridgehead atoms. The van der Waals surface area contributed by atoms with E-state index in [4.69, 9.17) is 0 Å². The van der Waals surface area contributed by atoms with E-state index in [1.165, 1.54) is 41.1 Å². The fourth-order valence-corrected chi connectivity index (χ4v) is 3.40. The van der Waals surface area contributed by atoms with E-state index >= 15 is 0 Å². The van der Waals surface area contributed by atoms with Crippen molar-refractivity contribution in [1.82, 2.24) is 24.9 Å². The minimum absolute atomic E-state index is 0.0301. The van der Waals surface area contributed by atoms with E-state index < -0.39 is 17.3 Å². The van der Waals surface area contributed by atoms with Crippen LogP contribution in [0.3, 0.4) is 0 Å². The third-order valence-corrected chi connectivity index (χ3v) is 5.03. The lowest BCUT2D eigenvalue weighted by Gasteiger charge is -2.12. The van der Waals surface area contributed by atoms with Crippen LogP contribution in [0.1, 0.15) is 31.0 Å². The van der Waals surface area contributed by atoms with Crippen LogP contribution in [0.15, 0.2) is 59.5 Å². The van der Waals surface area contributed by atoms with Crippen LogP contribution in [0.25, 0.3) is 16.6 Å². The van der Waals surface area contributed by atoms with Crippen LogP contribution in [0.5, 0.6) is 0 Å². The number of carbonyl (C=O) groups is 1. The van der Waals surface area contributed by atoms with Gasteiger partial charge in [-0.15, -0.1) is 0 Å². The Hall–Kier alpha value is -3.88. The average molecular weight is 437 g/mol.